The fourth-order valence-electron chi connectivity index (χ4n) is 1.45. The number of thiazole rings is 1. The zero-order valence-electron chi connectivity index (χ0n) is 8.98. The molecule has 0 unspecified atom stereocenters. The van der Waals surface area contributed by atoms with E-state index in [1.807, 2.05) is 36.0 Å². The average molecular weight is 253 g/mol. The fraction of sp³-hybridized carbons (Fsp3) is 0.250. The van der Waals surface area contributed by atoms with Crippen molar-refractivity contribution in [2.75, 3.05) is 0 Å². The highest BCUT2D eigenvalue weighted by Gasteiger charge is 2.04. The molecule has 0 aliphatic heterocycles. The first-order valence-electron chi connectivity index (χ1n) is 5.12. The van der Waals surface area contributed by atoms with E-state index in [4.69, 9.17) is 11.6 Å². The van der Waals surface area contributed by atoms with Crippen molar-refractivity contribution in [2.45, 2.75) is 19.5 Å². The van der Waals surface area contributed by atoms with Crippen molar-refractivity contribution < 1.29 is 0 Å². The monoisotopic (exact) mass is 252 g/mol. The van der Waals surface area contributed by atoms with Crippen molar-refractivity contribution in [2.24, 2.45) is 0 Å². The molecule has 1 atom stereocenters. The molecule has 0 spiro atoms. The van der Waals surface area contributed by atoms with E-state index in [1.54, 1.807) is 11.3 Å². The number of benzene rings is 1. The van der Waals surface area contributed by atoms with Gasteiger partial charge in [-0.25, -0.2) is 0 Å². The summed E-state index contributed by atoms with van der Waals surface area (Å²) in [5, 5.41) is 4.22. The lowest BCUT2D eigenvalue weighted by Gasteiger charge is -2.13. The van der Waals surface area contributed by atoms with Crippen LogP contribution in [0, 0.1) is 0 Å². The molecule has 4 heteroatoms. The van der Waals surface area contributed by atoms with Gasteiger partial charge in [-0.2, -0.15) is 0 Å². The lowest BCUT2D eigenvalue weighted by atomic mass is 10.1. The van der Waals surface area contributed by atoms with Crippen LogP contribution in [0.2, 0.25) is 5.02 Å². The number of nitrogens with zero attached hydrogens (tertiary/aromatic N) is 1. The molecule has 2 nitrogen and oxygen atoms in total. The van der Waals surface area contributed by atoms with Crippen LogP contribution in [0.4, 0.5) is 0 Å². The Morgan fingerprint density at radius 2 is 2.12 bits per heavy atom. The third-order valence-corrected chi connectivity index (χ3v) is 3.47. The Morgan fingerprint density at radius 3 is 2.75 bits per heavy atom. The van der Waals surface area contributed by atoms with Gasteiger partial charge < -0.3 is 5.32 Å². The maximum atomic E-state index is 5.85. The number of hydrogen-bond donors (Lipinski definition) is 1. The SMILES string of the molecule is C[C@@H](NCc1cncs1)c1ccc(Cl)cc1. The third-order valence-electron chi connectivity index (χ3n) is 2.44. The van der Waals surface area contributed by atoms with Crippen LogP contribution in [0.5, 0.6) is 0 Å². The maximum absolute atomic E-state index is 5.85. The van der Waals surface area contributed by atoms with Gasteiger partial charge in [-0.3, -0.25) is 4.98 Å². The van der Waals surface area contributed by atoms with E-state index in [0.717, 1.165) is 11.6 Å². The van der Waals surface area contributed by atoms with E-state index in [2.05, 4.69) is 17.2 Å². The van der Waals surface area contributed by atoms with E-state index in [0.29, 0.717) is 6.04 Å². The molecule has 2 aromatic rings. The smallest absolute Gasteiger partial charge is 0.0794 e. The van der Waals surface area contributed by atoms with E-state index in [9.17, 15) is 0 Å². The van der Waals surface area contributed by atoms with E-state index in [1.165, 1.54) is 10.4 Å². The Bertz CT molecular complexity index is 425. The van der Waals surface area contributed by atoms with Crippen LogP contribution in [0.3, 0.4) is 0 Å². The molecule has 0 aliphatic carbocycles. The van der Waals surface area contributed by atoms with Gasteiger partial charge in [0.2, 0.25) is 0 Å². The first-order valence-corrected chi connectivity index (χ1v) is 6.37. The second-order valence-electron chi connectivity index (χ2n) is 3.62. The van der Waals surface area contributed by atoms with E-state index >= 15 is 0 Å². The summed E-state index contributed by atoms with van der Waals surface area (Å²) in [4.78, 5) is 5.30. The lowest BCUT2D eigenvalue weighted by Crippen LogP contribution is -2.17. The Kier molecular flexibility index (Phi) is 3.93. The van der Waals surface area contributed by atoms with Crippen molar-refractivity contribution in [3.63, 3.8) is 0 Å². The van der Waals surface area contributed by atoms with Crippen LogP contribution in [0.1, 0.15) is 23.4 Å². The van der Waals surface area contributed by atoms with Gasteiger partial charge in [-0.05, 0) is 24.6 Å². The van der Waals surface area contributed by atoms with Crippen LogP contribution in [0.15, 0.2) is 36.0 Å². The van der Waals surface area contributed by atoms with Crippen LogP contribution >= 0.6 is 22.9 Å². The first kappa shape index (κ1) is 11.6. The summed E-state index contributed by atoms with van der Waals surface area (Å²) in [6.45, 7) is 3.00. The Labute approximate surface area is 104 Å². The van der Waals surface area contributed by atoms with Crippen LogP contribution in [-0.2, 0) is 6.54 Å². The molecular formula is C12H13ClN2S. The van der Waals surface area contributed by atoms with Crippen molar-refractivity contribution in [1.29, 1.82) is 0 Å². The molecule has 0 saturated carbocycles. The minimum absolute atomic E-state index is 0.319. The minimum atomic E-state index is 0.319. The zero-order chi connectivity index (χ0) is 11.4. The van der Waals surface area contributed by atoms with Gasteiger partial charge in [0, 0.05) is 28.7 Å². The highest BCUT2D eigenvalue weighted by atomic mass is 35.5. The lowest BCUT2D eigenvalue weighted by molar-refractivity contribution is 0.578. The van der Waals surface area contributed by atoms with E-state index in [-0.39, 0.29) is 0 Å². The molecule has 0 amide bonds. The van der Waals surface area contributed by atoms with Crippen LogP contribution < -0.4 is 5.32 Å². The van der Waals surface area contributed by atoms with Crippen molar-refractivity contribution in [3.8, 4) is 0 Å². The zero-order valence-corrected chi connectivity index (χ0v) is 10.6. The Balaban J connectivity index is 1.93. The maximum Gasteiger partial charge on any atom is 0.0794 e. The number of hydrogen-bond acceptors (Lipinski definition) is 3. The van der Waals surface area contributed by atoms with E-state index < -0.39 is 0 Å². The molecule has 2 rings (SSSR count). The highest BCUT2D eigenvalue weighted by Crippen LogP contribution is 2.17. The summed E-state index contributed by atoms with van der Waals surface area (Å²) < 4.78 is 0. The topological polar surface area (TPSA) is 24.9 Å². The first-order chi connectivity index (χ1) is 7.75. The fourth-order valence-corrected chi connectivity index (χ4v) is 2.12. The molecule has 1 heterocycles. The normalized spacial score (nSPS) is 12.6. The second-order valence-corrected chi connectivity index (χ2v) is 5.03. The number of aromatic nitrogens is 1. The summed E-state index contributed by atoms with van der Waals surface area (Å²) in [5.41, 5.74) is 3.10. The average Bonchev–Trinajstić information content (AvgIpc) is 2.80. The quantitative estimate of drug-likeness (QED) is 0.899. The molecule has 16 heavy (non-hydrogen) atoms. The molecule has 0 aliphatic rings. The Morgan fingerprint density at radius 1 is 1.38 bits per heavy atom. The van der Waals surface area contributed by atoms with Crippen LogP contribution in [-0.4, -0.2) is 4.98 Å². The van der Waals surface area contributed by atoms with Gasteiger partial charge in [0.25, 0.3) is 0 Å². The van der Waals surface area contributed by atoms with Crippen molar-refractivity contribution in [3.05, 3.63) is 51.4 Å². The summed E-state index contributed by atoms with van der Waals surface area (Å²) in [6, 6.07) is 8.25. The van der Waals surface area contributed by atoms with Crippen LogP contribution in [0.25, 0.3) is 0 Å². The number of halogens is 1. The summed E-state index contributed by atoms with van der Waals surface area (Å²) in [6.07, 6.45) is 1.90. The molecule has 0 fully saturated rings. The molecule has 1 aromatic carbocycles. The highest BCUT2D eigenvalue weighted by molar-refractivity contribution is 7.09. The number of rotatable bonds is 4. The van der Waals surface area contributed by atoms with Crippen molar-refractivity contribution >= 4 is 22.9 Å². The molecule has 1 aromatic heterocycles. The molecule has 0 saturated heterocycles. The molecule has 84 valence electrons. The van der Waals surface area contributed by atoms with Gasteiger partial charge in [-0.15, -0.1) is 11.3 Å². The minimum Gasteiger partial charge on any atom is -0.305 e. The predicted molar refractivity (Wildman–Crippen MR) is 68.8 cm³/mol. The van der Waals surface area contributed by atoms with Gasteiger partial charge in [0.1, 0.15) is 0 Å². The van der Waals surface area contributed by atoms with Gasteiger partial charge in [0.05, 0.1) is 5.51 Å². The molecule has 1 N–H and O–H groups in total. The molecular weight excluding hydrogens is 240 g/mol. The third kappa shape index (κ3) is 3.04. The summed E-state index contributed by atoms with van der Waals surface area (Å²) >= 11 is 7.52. The van der Waals surface area contributed by atoms with Crippen molar-refractivity contribution in [1.82, 2.24) is 10.3 Å². The van der Waals surface area contributed by atoms with Gasteiger partial charge >= 0.3 is 0 Å². The molecule has 0 radical (unpaired) electrons. The summed E-state index contributed by atoms with van der Waals surface area (Å²) in [5.74, 6) is 0. The summed E-state index contributed by atoms with van der Waals surface area (Å²) in [7, 11) is 0. The molecule has 0 bridgehead atoms. The standard InChI is InChI=1S/C12H13ClN2S/c1-9(10-2-4-11(13)5-3-10)15-7-12-6-14-8-16-12/h2-6,8-9,15H,7H2,1H3/t9-/m1/s1. The second kappa shape index (κ2) is 5.43. The largest absolute Gasteiger partial charge is 0.305 e. The predicted octanol–water partition coefficient (Wildman–Crippen LogP) is 3.65. The Hall–Kier alpha value is -0.900. The van der Waals surface area contributed by atoms with Gasteiger partial charge in [0.15, 0.2) is 0 Å². The van der Waals surface area contributed by atoms with Gasteiger partial charge in [-0.1, -0.05) is 23.7 Å². The number of nitrogens with one attached hydrogen (secondary N) is 1.